The fourth-order valence-electron chi connectivity index (χ4n) is 2.65. The number of aliphatic hydroxyl groups is 1. The van der Waals surface area contributed by atoms with Gasteiger partial charge in [0.1, 0.15) is 6.33 Å². The Morgan fingerprint density at radius 2 is 1.64 bits per heavy atom. The van der Waals surface area contributed by atoms with E-state index >= 15 is 0 Å². The average Bonchev–Trinajstić information content (AvgIpc) is 3.04. The number of carbonyl (C=O) groups is 1. The molecule has 12 heteroatoms. The van der Waals surface area contributed by atoms with Crippen LogP contribution in [0.2, 0.25) is 0 Å². The molecule has 1 fully saturated rings. The van der Waals surface area contributed by atoms with Crippen molar-refractivity contribution in [3.63, 3.8) is 0 Å². The van der Waals surface area contributed by atoms with Crippen LogP contribution in [0.15, 0.2) is 24.5 Å². The third kappa shape index (κ3) is 4.43. The maximum Gasteiger partial charge on any atom is 0.416 e. The summed E-state index contributed by atoms with van der Waals surface area (Å²) in [6, 6.07) is 1.11. The highest BCUT2D eigenvalue weighted by Crippen LogP contribution is 2.38. The van der Waals surface area contributed by atoms with Gasteiger partial charge in [-0.2, -0.15) is 31.4 Å². The Morgan fingerprint density at radius 1 is 1.07 bits per heavy atom. The molecule has 2 aromatic rings. The highest BCUT2D eigenvalue weighted by molar-refractivity contribution is 5.77. The van der Waals surface area contributed by atoms with Gasteiger partial charge >= 0.3 is 12.4 Å². The number of nitrogens with zero attached hydrogens (tertiary/aromatic N) is 4. The summed E-state index contributed by atoms with van der Waals surface area (Å²) < 4.78 is 78.8. The minimum Gasteiger partial charge on any atom is -0.389 e. The van der Waals surface area contributed by atoms with E-state index in [1.165, 1.54) is 4.90 Å². The number of hydrogen-bond donors (Lipinski definition) is 1. The number of β-amino-alcohol motifs (C(OH)–C–C–N with tert-alkyl or cyclic N) is 1. The fraction of sp³-hybridized carbons (Fsp3) is 0.438. The third-order valence-corrected chi connectivity index (χ3v) is 4.15. The van der Waals surface area contributed by atoms with E-state index in [9.17, 15) is 31.1 Å². The Hall–Kier alpha value is -2.63. The highest BCUT2D eigenvalue weighted by atomic mass is 19.4. The Kier molecular flexibility index (Phi) is 5.08. The van der Waals surface area contributed by atoms with Crippen molar-refractivity contribution in [2.75, 3.05) is 13.1 Å². The molecule has 1 saturated heterocycles. The van der Waals surface area contributed by atoms with Gasteiger partial charge in [-0.1, -0.05) is 0 Å². The minimum absolute atomic E-state index is 0.00586. The van der Waals surface area contributed by atoms with E-state index in [0.29, 0.717) is 12.1 Å². The van der Waals surface area contributed by atoms with Gasteiger partial charge < -0.3 is 10.0 Å². The van der Waals surface area contributed by atoms with Crippen molar-refractivity contribution in [2.24, 2.45) is 0 Å². The van der Waals surface area contributed by atoms with E-state index in [0.717, 1.165) is 11.0 Å². The molecule has 1 N–H and O–H groups in total. The number of alkyl halides is 6. The largest absolute Gasteiger partial charge is 0.416 e. The predicted octanol–water partition coefficient (Wildman–Crippen LogP) is 2.58. The Balaban J connectivity index is 1.79. The molecule has 2 heterocycles. The quantitative estimate of drug-likeness (QED) is 0.790. The first-order valence-corrected chi connectivity index (χ1v) is 8.08. The molecule has 1 aliphatic rings. The van der Waals surface area contributed by atoms with Gasteiger partial charge in [-0.3, -0.25) is 9.48 Å². The number of rotatable bonds is 4. The first-order valence-electron chi connectivity index (χ1n) is 8.08. The highest BCUT2D eigenvalue weighted by Gasteiger charge is 2.37. The average molecular weight is 408 g/mol. The van der Waals surface area contributed by atoms with Crippen LogP contribution < -0.4 is 0 Å². The van der Waals surface area contributed by atoms with Crippen molar-refractivity contribution in [1.29, 1.82) is 0 Å². The summed E-state index contributed by atoms with van der Waals surface area (Å²) in [6.07, 6.45) is -9.35. The SMILES string of the molecule is O=C(CCn1cnc(-c2cc(C(F)(F)F)cc(C(F)(F)F)c2)n1)N1CC(O)C1. The summed E-state index contributed by atoms with van der Waals surface area (Å²) in [4.78, 5) is 17.0. The van der Waals surface area contributed by atoms with E-state index in [4.69, 9.17) is 5.11 Å². The van der Waals surface area contributed by atoms with Gasteiger partial charge in [-0.15, -0.1) is 0 Å². The summed E-state index contributed by atoms with van der Waals surface area (Å²) in [5.41, 5.74) is -3.35. The van der Waals surface area contributed by atoms with Crippen molar-refractivity contribution in [3.05, 3.63) is 35.7 Å². The molecule has 1 aromatic heterocycles. The zero-order chi connectivity index (χ0) is 20.7. The number of amides is 1. The molecule has 152 valence electrons. The van der Waals surface area contributed by atoms with Gasteiger partial charge in [-0.05, 0) is 18.2 Å². The van der Waals surface area contributed by atoms with Crippen LogP contribution in [0.25, 0.3) is 11.4 Å². The van der Waals surface area contributed by atoms with Crippen LogP contribution in [-0.4, -0.2) is 49.9 Å². The lowest BCUT2D eigenvalue weighted by Gasteiger charge is -2.35. The molecule has 6 nitrogen and oxygen atoms in total. The number of likely N-dealkylation sites (tertiary alicyclic amines) is 1. The van der Waals surface area contributed by atoms with Gasteiger partial charge in [0.05, 0.1) is 23.8 Å². The molecule has 3 rings (SSSR count). The molecule has 0 aliphatic carbocycles. The minimum atomic E-state index is -4.97. The lowest BCUT2D eigenvalue weighted by atomic mass is 10.0. The normalized spacial score (nSPS) is 15.6. The van der Waals surface area contributed by atoms with E-state index in [1.807, 2.05) is 0 Å². The Bertz CT molecular complexity index is 838. The van der Waals surface area contributed by atoms with E-state index < -0.39 is 35.1 Å². The smallest absolute Gasteiger partial charge is 0.389 e. The molecule has 0 spiro atoms. The van der Waals surface area contributed by atoms with Crippen molar-refractivity contribution in [1.82, 2.24) is 19.7 Å². The van der Waals surface area contributed by atoms with Gasteiger partial charge in [0.25, 0.3) is 0 Å². The zero-order valence-corrected chi connectivity index (χ0v) is 14.1. The van der Waals surface area contributed by atoms with Crippen LogP contribution in [0.4, 0.5) is 26.3 Å². The molecule has 0 radical (unpaired) electrons. The number of aryl methyl sites for hydroxylation is 1. The number of hydrogen-bond acceptors (Lipinski definition) is 4. The van der Waals surface area contributed by atoms with Gasteiger partial charge in [0.2, 0.25) is 5.91 Å². The Morgan fingerprint density at radius 3 is 2.14 bits per heavy atom. The predicted molar refractivity (Wildman–Crippen MR) is 82.7 cm³/mol. The molecule has 28 heavy (non-hydrogen) atoms. The van der Waals surface area contributed by atoms with Gasteiger partial charge in [-0.25, -0.2) is 4.98 Å². The first kappa shape index (κ1) is 20.1. The van der Waals surface area contributed by atoms with Crippen molar-refractivity contribution >= 4 is 5.91 Å². The number of aromatic nitrogens is 3. The van der Waals surface area contributed by atoms with Gasteiger partial charge in [0, 0.05) is 25.1 Å². The van der Waals surface area contributed by atoms with Crippen molar-refractivity contribution in [3.8, 4) is 11.4 Å². The maximum atomic E-state index is 12.9. The monoisotopic (exact) mass is 408 g/mol. The van der Waals surface area contributed by atoms with Crippen LogP contribution in [0.3, 0.4) is 0 Å². The summed E-state index contributed by atoms with van der Waals surface area (Å²) in [7, 11) is 0. The van der Waals surface area contributed by atoms with E-state index in [-0.39, 0.29) is 43.9 Å². The van der Waals surface area contributed by atoms with E-state index in [1.54, 1.807) is 0 Å². The van der Waals surface area contributed by atoms with Crippen LogP contribution in [0, 0.1) is 0 Å². The standard InChI is InChI=1S/C16H14F6N4O2/c17-15(18,19)10-3-9(4-11(5-10)16(20,21)22)14-23-8-26(24-14)2-1-13(28)25-6-12(27)7-25/h3-5,8,12,27H,1-2,6-7H2. The lowest BCUT2D eigenvalue weighted by Crippen LogP contribution is -2.53. The number of carbonyl (C=O) groups excluding carboxylic acids is 1. The second-order valence-electron chi connectivity index (χ2n) is 6.33. The van der Waals surface area contributed by atoms with Crippen LogP contribution in [-0.2, 0) is 23.7 Å². The summed E-state index contributed by atoms with van der Waals surface area (Å²) >= 11 is 0. The molecule has 1 amide bonds. The third-order valence-electron chi connectivity index (χ3n) is 4.15. The summed E-state index contributed by atoms with van der Waals surface area (Å²) in [6.45, 7) is 0.501. The number of halogens is 6. The second-order valence-corrected chi connectivity index (χ2v) is 6.33. The molecule has 0 bridgehead atoms. The lowest BCUT2D eigenvalue weighted by molar-refractivity contribution is -0.143. The van der Waals surface area contributed by atoms with E-state index in [2.05, 4.69) is 10.1 Å². The molecule has 0 unspecified atom stereocenters. The first-order chi connectivity index (χ1) is 12.9. The molecule has 0 saturated carbocycles. The molecular formula is C16H14F6N4O2. The maximum absolute atomic E-state index is 12.9. The topological polar surface area (TPSA) is 71.2 Å². The fourth-order valence-corrected chi connectivity index (χ4v) is 2.65. The number of aliphatic hydroxyl groups excluding tert-OH is 1. The second kappa shape index (κ2) is 7.08. The number of benzene rings is 1. The summed E-state index contributed by atoms with van der Waals surface area (Å²) in [5.74, 6) is -0.566. The van der Waals surface area contributed by atoms with Gasteiger partial charge in [0.15, 0.2) is 5.82 Å². The van der Waals surface area contributed by atoms with Crippen molar-refractivity contribution < 1.29 is 36.2 Å². The molecule has 1 aliphatic heterocycles. The van der Waals surface area contributed by atoms with Crippen LogP contribution >= 0.6 is 0 Å². The summed E-state index contributed by atoms with van der Waals surface area (Å²) in [5, 5.41) is 13.0. The van der Waals surface area contributed by atoms with Crippen LogP contribution in [0.5, 0.6) is 0 Å². The van der Waals surface area contributed by atoms with Crippen molar-refractivity contribution in [2.45, 2.75) is 31.4 Å². The van der Waals surface area contributed by atoms with Crippen LogP contribution in [0.1, 0.15) is 17.5 Å². The molecule has 0 atom stereocenters. The molecule has 1 aromatic carbocycles. The molecular weight excluding hydrogens is 394 g/mol. The Labute approximate surface area is 154 Å². The zero-order valence-electron chi connectivity index (χ0n) is 14.1.